The first-order chi connectivity index (χ1) is 10.9. The van der Waals surface area contributed by atoms with Gasteiger partial charge in [0.25, 0.3) is 0 Å². The van der Waals surface area contributed by atoms with Crippen LogP contribution in [-0.2, 0) is 4.79 Å². The number of hydrogen-bond acceptors (Lipinski definition) is 5. The van der Waals surface area contributed by atoms with Crippen LogP contribution < -0.4 is 5.32 Å². The number of carbonyl (C=O) groups excluding carboxylic acids is 1. The van der Waals surface area contributed by atoms with Crippen molar-refractivity contribution in [1.82, 2.24) is 4.98 Å². The van der Waals surface area contributed by atoms with Crippen LogP contribution in [0.1, 0.15) is 20.8 Å². The predicted molar refractivity (Wildman–Crippen MR) is 98.2 cm³/mol. The van der Waals surface area contributed by atoms with Crippen molar-refractivity contribution in [3.05, 3.63) is 35.7 Å². The summed E-state index contributed by atoms with van der Waals surface area (Å²) >= 11 is 3.02. The summed E-state index contributed by atoms with van der Waals surface area (Å²) in [4.78, 5) is 16.4. The molecular formula is C17H18N2O2S2. The predicted octanol–water partition coefficient (Wildman–Crippen LogP) is 5.03. The van der Waals surface area contributed by atoms with Crippen LogP contribution >= 0.6 is 23.1 Å². The second-order valence-corrected chi connectivity index (χ2v) is 8.80. The molecule has 0 saturated heterocycles. The molecule has 0 spiro atoms. The Balaban J connectivity index is 1.69. The standard InChI is InChI=1S/C17H18N2O2S2/c1-17(2,3)23-10-15(20)19-16-18-12(9-22-16)14-8-11-6-4-5-7-13(11)21-14/h4-9H,10H2,1-3H3,(H,18,19,20). The average molecular weight is 346 g/mol. The Morgan fingerprint density at radius 3 is 2.87 bits per heavy atom. The molecule has 0 saturated carbocycles. The Morgan fingerprint density at radius 2 is 2.13 bits per heavy atom. The smallest absolute Gasteiger partial charge is 0.236 e. The zero-order chi connectivity index (χ0) is 16.4. The summed E-state index contributed by atoms with van der Waals surface area (Å²) in [6.07, 6.45) is 0. The summed E-state index contributed by atoms with van der Waals surface area (Å²) in [5.41, 5.74) is 1.58. The Morgan fingerprint density at radius 1 is 1.35 bits per heavy atom. The minimum atomic E-state index is -0.0320. The van der Waals surface area contributed by atoms with Crippen molar-refractivity contribution in [1.29, 1.82) is 0 Å². The van der Waals surface area contributed by atoms with Crippen LogP contribution in [-0.4, -0.2) is 21.4 Å². The first-order valence-corrected chi connectivity index (χ1v) is 9.15. The molecule has 6 heteroatoms. The summed E-state index contributed by atoms with van der Waals surface area (Å²) in [5.74, 6) is 1.10. The number of nitrogens with one attached hydrogen (secondary N) is 1. The molecular weight excluding hydrogens is 328 g/mol. The average Bonchev–Trinajstić information content (AvgIpc) is 3.10. The van der Waals surface area contributed by atoms with Gasteiger partial charge >= 0.3 is 0 Å². The van der Waals surface area contributed by atoms with Crippen molar-refractivity contribution in [2.24, 2.45) is 0 Å². The van der Waals surface area contributed by atoms with Gasteiger partial charge in [0.15, 0.2) is 10.9 Å². The summed E-state index contributed by atoms with van der Waals surface area (Å²) in [5, 5.41) is 6.38. The van der Waals surface area contributed by atoms with E-state index in [0.717, 1.165) is 16.7 Å². The number of fused-ring (bicyclic) bond motifs is 1. The third kappa shape index (κ3) is 4.14. The van der Waals surface area contributed by atoms with Crippen molar-refractivity contribution < 1.29 is 9.21 Å². The highest BCUT2D eigenvalue weighted by molar-refractivity contribution is 8.01. The molecule has 23 heavy (non-hydrogen) atoms. The van der Waals surface area contributed by atoms with Crippen molar-refractivity contribution in [2.75, 3.05) is 11.1 Å². The van der Waals surface area contributed by atoms with Gasteiger partial charge in [-0.25, -0.2) is 4.98 Å². The Labute approximate surface area is 143 Å². The van der Waals surface area contributed by atoms with E-state index in [-0.39, 0.29) is 10.7 Å². The third-order valence-electron chi connectivity index (χ3n) is 3.06. The molecule has 0 atom stereocenters. The Bertz CT molecular complexity index is 797. The topological polar surface area (TPSA) is 55.1 Å². The van der Waals surface area contributed by atoms with Crippen LogP contribution in [0.2, 0.25) is 0 Å². The van der Waals surface area contributed by atoms with Crippen LogP contribution in [0.25, 0.3) is 22.4 Å². The number of amides is 1. The molecule has 1 aromatic carbocycles. The highest BCUT2D eigenvalue weighted by Gasteiger charge is 2.15. The summed E-state index contributed by atoms with van der Waals surface area (Å²) in [7, 11) is 0. The Hall–Kier alpha value is -1.79. The largest absolute Gasteiger partial charge is 0.454 e. The van der Waals surface area contributed by atoms with E-state index in [1.807, 2.05) is 35.7 Å². The van der Waals surface area contributed by atoms with Crippen molar-refractivity contribution in [3.8, 4) is 11.5 Å². The van der Waals surface area contributed by atoms with Gasteiger partial charge in [0.05, 0.1) is 5.75 Å². The van der Waals surface area contributed by atoms with E-state index >= 15 is 0 Å². The van der Waals surface area contributed by atoms with Gasteiger partial charge in [-0.1, -0.05) is 39.0 Å². The van der Waals surface area contributed by atoms with E-state index in [1.165, 1.54) is 11.3 Å². The maximum atomic E-state index is 12.0. The number of para-hydroxylation sites is 1. The van der Waals surface area contributed by atoms with E-state index in [0.29, 0.717) is 16.6 Å². The van der Waals surface area contributed by atoms with Crippen molar-refractivity contribution in [3.63, 3.8) is 0 Å². The van der Waals surface area contributed by atoms with E-state index in [1.54, 1.807) is 11.8 Å². The minimum Gasteiger partial charge on any atom is -0.454 e. The van der Waals surface area contributed by atoms with E-state index in [2.05, 4.69) is 31.1 Å². The van der Waals surface area contributed by atoms with Crippen LogP contribution in [0.5, 0.6) is 0 Å². The molecule has 1 amide bonds. The lowest BCUT2D eigenvalue weighted by Gasteiger charge is -2.16. The molecule has 0 aliphatic rings. The molecule has 0 radical (unpaired) electrons. The number of hydrogen-bond donors (Lipinski definition) is 1. The molecule has 0 aliphatic heterocycles. The second-order valence-electron chi connectivity index (χ2n) is 6.14. The first kappa shape index (κ1) is 16.1. The minimum absolute atomic E-state index is 0.0320. The third-order valence-corrected chi connectivity index (χ3v) is 5.10. The van der Waals surface area contributed by atoms with Crippen molar-refractivity contribution in [2.45, 2.75) is 25.5 Å². The van der Waals surface area contributed by atoms with E-state index in [9.17, 15) is 4.79 Å². The second kappa shape index (κ2) is 6.37. The molecule has 4 nitrogen and oxygen atoms in total. The molecule has 3 aromatic rings. The molecule has 0 aliphatic carbocycles. The number of nitrogens with zero attached hydrogens (tertiary/aromatic N) is 1. The van der Waals surface area contributed by atoms with Crippen LogP contribution in [0.3, 0.4) is 0 Å². The summed E-state index contributed by atoms with van der Waals surface area (Å²) < 4.78 is 5.86. The molecule has 2 heterocycles. The normalized spacial score (nSPS) is 11.8. The monoisotopic (exact) mass is 346 g/mol. The van der Waals surface area contributed by atoms with E-state index < -0.39 is 0 Å². The highest BCUT2D eigenvalue weighted by atomic mass is 32.2. The lowest BCUT2D eigenvalue weighted by molar-refractivity contribution is -0.113. The van der Waals surface area contributed by atoms with Gasteiger partial charge in [0.1, 0.15) is 11.3 Å². The molecule has 120 valence electrons. The quantitative estimate of drug-likeness (QED) is 0.720. The van der Waals surface area contributed by atoms with Gasteiger partial charge in [-0.2, -0.15) is 0 Å². The maximum absolute atomic E-state index is 12.0. The summed E-state index contributed by atoms with van der Waals surface area (Å²) in [6.45, 7) is 6.27. The molecule has 0 fully saturated rings. The zero-order valence-electron chi connectivity index (χ0n) is 13.3. The number of thioether (sulfide) groups is 1. The lowest BCUT2D eigenvalue weighted by Crippen LogP contribution is -2.18. The van der Waals surface area contributed by atoms with Gasteiger partial charge in [-0.05, 0) is 12.1 Å². The zero-order valence-corrected chi connectivity index (χ0v) is 14.9. The fraction of sp³-hybridized carbons (Fsp3) is 0.294. The maximum Gasteiger partial charge on any atom is 0.236 e. The SMILES string of the molecule is CC(C)(C)SCC(=O)Nc1nc(-c2cc3ccccc3o2)cs1. The van der Waals surface area contributed by atoms with E-state index in [4.69, 9.17) is 4.42 Å². The number of thiazole rings is 1. The number of anilines is 1. The molecule has 0 bridgehead atoms. The molecule has 0 unspecified atom stereocenters. The number of carbonyl (C=O) groups is 1. The number of furan rings is 1. The lowest BCUT2D eigenvalue weighted by atomic mass is 10.2. The van der Waals surface area contributed by atoms with Crippen LogP contribution in [0, 0.1) is 0 Å². The first-order valence-electron chi connectivity index (χ1n) is 7.29. The Kier molecular flexibility index (Phi) is 4.46. The fourth-order valence-electron chi connectivity index (χ4n) is 1.99. The number of rotatable bonds is 4. The van der Waals surface area contributed by atoms with Gasteiger partial charge in [-0.15, -0.1) is 23.1 Å². The highest BCUT2D eigenvalue weighted by Crippen LogP contribution is 2.30. The van der Waals surface area contributed by atoms with Crippen molar-refractivity contribution >= 4 is 45.1 Å². The molecule has 1 N–H and O–H groups in total. The van der Waals surface area contributed by atoms with Crippen LogP contribution in [0.4, 0.5) is 5.13 Å². The summed E-state index contributed by atoms with van der Waals surface area (Å²) in [6, 6.07) is 9.81. The number of aromatic nitrogens is 1. The molecule has 2 aromatic heterocycles. The van der Waals surface area contributed by atoms with Gasteiger partial charge in [-0.3, -0.25) is 4.79 Å². The van der Waals surface area contributed by atoms with Crippen LogP contribution in [0.15, 0.2) is 40.1 Å². The molecule has 3 rings (SSSR count). The van der Waals surface area contributed by atoms with Gasteiger partial charge < -0.3 is 9.73 Å². The van der Waals surface area contributed by atoms with Gasteiger partial charge in [0.2, 0.25) is 5.91 Å². The van der Waals surface area contributed by atoms with Gasteiger partial charge in [0, 0.05) is 15.5 Å². The fourth-order valence-corrected chi connectivity index (χ4v) is 3.34. The number of benzene rings is 1.